The van der Waals surface area contributed by atoms with E-state index in [0.717, 1.165) is 12.4 Å². The maximum Gasteiger partial charge on any atom is 0.145 e. The van der Waals surface area contributed by atoms with E-state index in [9.17, 15) is 0 Å². The van der Waals surface area contributed by atoms with Crippen LogP contribution in [-0.2, 0) is 6.54 Å². The predicted octanol–water partition coefficient (Wildman–Crippen LogP) is 1.68. The number of hydrazine groups is 1. The molecule has 0 bridgehead atoms. The second-order valence-corrected chi connectivity index (χ2v) is 3.71. The summed E-state index contributed by atoms with van der Waals surface area (Å²) in [5.41, 5.74) is 4.99. The van der Waals surface area contributed by atoms with Gasteiger partial charge in [-0.2, -0.15) is 0 Å². The molecule has 0 aliphatic carbocycles. The van der Waals surface area contributed by atoms with E-state index >= 15 is 0 Å². The van der Waals surface area contributed by atoms with Crippen molar-refractivity contribution in [1.82, 2.24) is 9.97 Å². The van der Waals surface area contributed by atoms with Crippen LogP contribution in [0.5, 0.6) is 0 Å². The minimum atomic E-state index is 0.590. The van der Waals surface area contributed by atoms with E-state index in [0.29, 0.717) is 5.82 Å². The van der Waals surface area contributed by atoms with Crippen LogP contribution in [0.4, 0.5) is 11.6 Å². The fourth-order valence-corrected chi connectivity index (χ4v) is 1.53. The molecule has 1 aromatic heterocycles. The predicted molar refractivity (Wildman–Crippen MR) is 68.3 cm³/mol. The molecule has 17 heavy (non-hydrogen) atoms. The van der Waals surface area contributed by atoms with Crippen molar-refractivity contribution in [2.24, 2.45) is 5.84 Å². The van der Waals surface area contributed by atoms with E-state index in [1.807, 2.05) is 12.1 Å². The van der Waals surface area contributed by atoms with Gasteiger partial charge in [-0.25, -0.2) is 15.8 Å². The molecule has 5 nitrogen and oxygen atoms in total. The second-order valence-electron chi connectivity index (χ2n) is 3.71. The largest absolute Gasteiger partial charge is 0.366 e. The first kappa shape index (κ1) is 11.3. The van der Waals surface area contributed by atoms with E-state index in [4.69, 9.17) is 5.84 Å². The molecule has 0 aliphatic rings. The molecule has 0 aliphatic heterocycles. The van der Waals surface area contributed by atoms with E-state index in [-0.39, 0.29) is 0 Å². The number of nitrogens with two attached hydrogens (primary N) is 1. The molecule has 0 atom stereocenters. The SMILES string of the molecule is Cc1ccccc1CNc1cc(NN)ncn1. The zero-order valence-corrected chi connectivity index (χ0v) is 9.64. The minimum Gasteiger partial charge on any atom is -0.366 e. The number of nitrogens with one attached hydrogen (secondary N) is 2. The third-order valence-corrected chi connectivity index (χ3v) is 2.54. The summed E-state index contributed by atoms with van der Waals surface area (Å²) in [6.07, 6.45) is 1.47. The third kappa shape index (κ3) is 2.92. The van der Waals surface area contributed by atoms with Gasteiger partial charge < -0.3 is 10.7 Å². The zero-order valence-electron chi connectivity index (χ0n) is 9.64. The lowest BCUT2D eigenvalue weighted by Gasteiger charge is -2.08. The lowest BCUT2D eigenvalue weighted by atomic mass is 10.1. The second kappa shape index (κ2) is 5.27. The Morgan fingerprint density at radius 2 is 1.94 bits per heavy atom. The van der Waals surface area contributed by atoms with Crippen molar-refractivity contribution in [3.8, 4) is 0 Å². The van der Waals surface area contributed by atoms with Crippen molar-refractivity contribution < 1.29 is 0 Å². The van der Waals surface area contributed by atoms with Gasteiger partial charge in [0.05, 0.1) is 0 Å². The molecule has 4 N–H and O–H groups in total. The highest BCUT2D eigenvalue weighted by molar-refractivity contribution is 5.46. The van der Waals surface area contributed by atoms with Crippen LogP contribution in [0.1, 0.15) is 11.1 Å². The van der Waals surface area contributed by atoms with E-state index in [2.05, 4.69) is 39.8 Å². The quantitative estimate of drug-likeness (QED) is 0.549. The van der Waals surface area contributed by atoms with Crippen LogP contribution in [-0.4, -0.2) is 9.97 Å². The van der Waals surface area contributed by atoms with Crippen LogP contribution in [0, 0.1) is 6.92 Å². The normalized spacial score (nSPS) is 10.0. The highest BCUT2D eigenvalue weighted by Gasteiger charge is 1.99. The van der Waals surface area contributed by atoms with E-state index < -0.39 is 0 Å². The summed E-state index contributed by atoms with van der Waals surface area (Å²) >= 11 is 0. The van der Waals surface area contributed by atoms with Crippen molar-refractivity contribution in [3.63, 3.8) is 0 Å². The van der Waals surface area contributed by atoms with Gasteiger partial charge >= 0.3 is 0 Å². The summed E-state index contributed by atoms with van der Waals surface area (Å²) in [7, 11) is 0. The Morgan fingerprint density at radius 3 is 2.71 bits per heavy atom. The van der Waals surface area contributed by atoms with Crippen LogP contribution < -0.4 is 16.6 Å². The Balaban J connectivity index is 2.05. The Kier molecular flexibility index (Phi) is 3.52. The number of aromatic nitrogens is 2. The topological polar surface area (TPSA) is 75.9 Å². The van der Waals surface area contributed by atoms with Gasteiger partial charge in [-0.15, -0.1) is 0 Å². The first-order valence-corrected chi connectivity index (χ1v) is 5.36. The average Bonchev–Trinajstić information content (AvgIpc) is 2.38. The highest BCUT2D eigenvalue weighted by Crippen LogP contribution is 2.11. The first-order chi connectivity index (χ1) is 8.29. The number of hydrogen-bond acceptors (Lipinski definition) is 5. The molecule has 0 radical (unpaired) electrons. The number of benzene rings is 1. The molecule has 2 aromatic rings. The highest BCUT2D eigenvalue weighted by atomic mass is 15.3. The Labute approximate surface area is 100 Å². The molecule has 2 rings (SSSR count). The summed E-state index contributed by atoms with van der Waals surface area (Å²) < 4.78 is 0. The lowest BCUT2D eigenvalue weighted by Crippen LogP contribution is -2.10. The van der Waals surface area contributed by atoms with Gasteiger partial charge in [0, 0.05) is 12.6 Å². The number of rotatable bonds is 4. The zero-order chi connectivity index (χ0) is 12.1. The molecule has 0 spiro atoms. The van der Waals surface area contributed by atoms with Crippen LogP contribution in [0.15, 0.2) is 36.7 Å². The van der Waals surface area contributed by atoms with Crippen molar-refractivity contribution >= 4 is 11.6 Å². The molecular weight excluding hydrogens is 214 g/mol. The molecule has 5 heteroatoms. The van der Waals surface area contributed by atoms with Gasteiger partial charge in [0.25, 0.3) is 0 Å². The van der Waals surface area contributed by atoms with E-state index in [1.54, 1.807) is 6.07 Å². The molecule has 0 fully saturated rings. The molecule has 0 unspecified atom stereocenters. The Morgan fingerprint density at radius 1 is 1.18 bits per heavy atom. The maximum atomic E-state index is 5.28. The van der Waals surface area contributed by atoms with Gasteiger partial charge in [-0.3, -0.25) is 0 Å². The van der Waals surface area contributed by atoms with Gasteiger partial charge in [0.1, 0.15) is 18.0 Å². The number of nitrogen functional groups attached to an aromatic ring is 1. The molecule has 1 aromatic carbocycles. The summed E-state index contributed by atoms with van der Waals surface area (Å²) in [6, 6.07) is 9.99. The summed E-state index contributed by atoms with van der Waals surface area (Å²) in [5, 5.41) is 3.23. The maximum absolute atomic E-state index is 5.28. The lowest BCUT2D eigenvalue weighted by molar-refractivity contribution is 1.06. The molecular formula is C12H15N5. The van der Waals surface area contributed by atoms with Gasteiger partial charge in [0.2, 0.25) is 0 Å². The molecule has 0 saturated heterocycles. The molecule has 1 heterocycles. The fraction of sp³-hybridized carbons (Fsp3) is 0.167. The van der Waals surface area contributed by atoms with Gasteiger partial charge in [-0.05, 0) is 18.1 Å². The standard InChI is InChI=1S/C12H15N5/c1-9-4-2-3-5-10(9)7-14-11-6-12(17-13)16-8-15-11/h2-6,8H,7,13H2,1H3,(H2,14,15,16,17). The monoisotopic (exact) mass is 229 g/mol. The van der Waals surface area contributed by atoms with Gasteiger partial charge in [0.15, 0.2) is 0 Å². The number of hydrogen-bond donors (Lipinski definition) is 3. The molecule has 0 saturated carbocycles. The Hall–Kier alpha value is -2.14. The summed E-state index contributed by atoms with van der Waals surface area (Å²) in [5.74, 6) is 6.62. The first-order valence-electron chi connectivity index (χ1n) is 5.36. The number of aryl methyl sites for hydroxylation is 1. The minimum absolute atomic E-state index is 0.590. The van der Waals surface area contributed by atoms with Crippen LogP contribution in [0.2, 0.25) is 0 Å². The number of anilines is 2. The average molecular weight is 229 g/mol. The van der Waals surface area contributed by atoms with Crippen molar-refractivity contribution in [2.75, 3.05) is 10.7 Å². The summed E-state index contributed by atoms with van der Waals surface area (Å²) in [4.78, 5) is 8.06. The third-order valence-electron chi connectivity index (χ3n) is 2.54. The van der Waals surface area contributed by atoms with Crippen molar-refractivity contribution in [3.05, 3.63) is 47.8 Å². The van der Waals surface area contributed by atoms with Crippen LogP contribution in [0.3, 0.4) is 0 Å². The van der Waals surface area contributed by atoms with Gasteiger partial charge in [-0.1, -0.05) is 24.3 Å². The van der Waals surface area contributed by atoms with Crippen LogP contribution in [0.25, 0.3) is 0 Å². The van der Waals surface area contributed by atoms with E-state index in [1.165, 1.54) is 17.5 Å². The molecule has 0 amide bonds. The van der Waals surface area contributed by atoms with Crippen molar-refractivity contribution in [1.29, 1.82) is 0 Å². The Bertz CT molecular complexity index is 498. The fourth-order valence-electron chi connectivity index (χ4n) is 1.53. The molecule has 88 valence electrons. The number of nitrogens with zero attached hydrogens (tertiary/aromatic N) is 2. The summed E-state index contributed by atoms with van der Waals surface area (Å²) in [6.45, 7) is 2.82. The smallest absolute Gasteiger partial charge is 0.145 e. The van der Waals surface area contributed by atoms with Crippen LogP contribution >= 0.6 is 0 Å². The van der Waals surface area contributed by atoms with Crippen molar-refractivity contribution in [2.45, 2.75) is 13.5 Å².